The Morgan fingerprint density at radius 3 is 2.55 bits per heavy atom. The minimum absolute atomic E-state index is 0.134. The molecule has 2 aromatic carbocycles. The third kappa shape index (κ3) is 6.72. The van der Waals surface area contributed by atoms with Crippen molar-refractivity contribution in [2.24, 2.45) is 5.10 Å². The SMILES string of the molecule is C=CCOc1ccc(C=NNC(=O)COc2c(C(C)C)cc(Br)c(C)c2Br)cc1. The quantitative estimate of drug-likeness (QED) is 0.259. The number of halogens is 2. The van der Waals surface area contributed by atoms with Crippen LogP contribution in [0.15, 0.2) is 57.0 Å². The topological polar surface area (TPSA) is 59.9 Å². The normalized spacial score (nSPS) is 11.0. The minimum atomic E-state index is -0.339. The summed E-state index contributed by atoms with van der Waals surface area (Å²) in [7, 11) is 0. The van der Waals surface area contributed by atoms with Crippen molar-refractivity contribution < 1.29 is 14.3 Å². The van der Waals surface area contributed by atoms with E-state index in [1.165, 1.54) is 0 Å². The lowest BCUT2D eigenvalue weighted by atomic mass is 10.0. The Morgan fingerprint density at radius 2 is 1.93 bits per heavy atom. The molecule has 0 bridgehead atoms. The number of amides is 1. The van der Waals surface area contributed by atoms with Crippen LogP contribution in [0.2, 0.25) is 0 Å². The average Bonchev–Trinajstić information content (AvgIpc) is 2.70. The number of carbonyl (C=O) groups excluding carboxylic acids is 1. The van der Waals surface area contributed by atoms with Crippen molar-refractivity contribution in [3.05, 3.63) is 68.6 Å². The van der Waals surface area contributed by atoms with Crippen LogP contribution in [0.5, 0.6) is 11.5 Å². The van der Waals surface area contributed by atoms with Crippen LogP contribution in [-0.2, 0) is 4.79 Å². The molecule has 0 saturated carbocycles. The van der Waals surface area contributed by atoms with E-state index in [1.54, 1.807) is 12.3 Å². The minimum Gasteiger partial charge on any atom is -0.490 e. The van der Waals surface area contributed by atoms with E-state index in [9.17, 15) is 4.79 Å². The predicted octanol–water partition coefficient (Wildman–Crippen LogP) is 5.74. The summed E-state index contributed by atoms with van der Waals surface area (Å²) in [4.78, 5) is 12.1. The number of hydrogen-bond donors (Lipinski definition) is 1. The number of nitrogens with one attached hydrogen (secondary N) is 1. The second-order valence-electron chi connectivity index (χ2n) is 6.62. The molecule has 0 unspecified atom stereocenters. The van der Waals surface area contributed by atoms with E-state index in [0.717, 1.165) is 31.4 Å². The number of ether oxygens (including phenoxy) is 2. The summed E-state index contributed by atoms with van der Waals surface area (Å²) < 4.78 is 13.1. The van der Waals surface area contributed by atoms with E-state index in [-0.39, 0.29) is 18.4 Å². The van der Waals surface area contributed by atoms with Gasteiger partial charge in [-0.25, -0.2) is 5.43 Å². The van der Waals surface area contributed by atoms with E-state index >= 15 is 0 Å². The van der Waals surface area contributed by atoms with Crippen molar-refractivity contribution in [3.63, 3.8) is 0 Å². The molecule has 2 rings (SSSR count). The highest BCUT2D eigenvalue weighted by Crippen LogP contribution is 2.40. The van der Waals surface area contributed by atoms with Crippen LogP contribution >= 0.6 is 31.9 Å². The Balaban J connectivity index is 1.94. The molecule has 0 spiro atoms. The van der Waals surface area contributed by atoms with Gasteiger partial charge in [-0.1, -0.05) is 42.4 Å². The maximum atomic E-state index is 12.1. The summed E-state index contributed by atoms with van der Waals surface area (Å²) in [5.41, 5.74) is 5.35. The second-order valence-corrected chi connectivity index (χ2v) is 8.27. The fourth-order valence-electron chi connectivity index (χ4n) is 2.44. The average molecular weight is 524 g/mol. The van der Waals surface area contributed by atoms with E-state index in [0.29, 0.717) is 12.4 Å². The van der Waals surface area contributed by atoms with E-state index in [2.05, 4.69) is 62.8 Å². The largest absolute Gasteiger partial charge is 0.490 e. The van der Waals surface area contributed by atoms with E-state index in [1.807, 2.05) is 37.3 Å². The third-order valence-corrected chi connectivity index (χ3v) is 5.83. The van der Waals surface area contributed by atoms with Crippen LogP contribution < -0.4 is 14.9 Å². The smallest absolute Gasteiger partial charge is 0.277 e. The summed E-state index contributed by atoms with van der Waals surface area (Å²) in [5, 5.41) is 3.98. The third-order valence-electron chi connectivity index (χ3n) is 4.05. The van der Waals surface area contributed by atoms with Gasteiger partial charge in [0, 0.05) is 4.47 Å². The Morgan fingerprint density at radius 1 is 1.24 bits per heavy atom. The highest BCUT2D eigenvalue weighted by molar-refractivity contribution is 9.11. The van der Waals surface area contributed by atoms with Crippen LogP contribution in [-0.4, -0.2) is 25.3 Å². The molecule has 1 amide bonds. The lowest BCUT2D eigenvalue weighted by Gasteiger charge is -2.18. The van der Waals surface area contributed by atoms with Crippen LogP contribution in [0.25, 0.3) is 0 Å². The van der Waals surface area contributed by atoms with Crippen molar-refractivity contribution >= 4 is 44.0 Å². The molecule has 0 radical (unpaired) electrons. The highest BCUT2D eigenvalue weighted by atomic mass is 79.9. The molecule has 0 saturated heterocycles. The maximum Gasteiger partial charge on any atom is 0.277 e. The molecule has 1 N–H and O–H groups in total. The van der Waals surface area contributed by atoms with Gasteiger partial charge in [-0.2, -0.15) is 5.10 Å². The molecular weight excluding hydrogens is 500 g/mol. The number of nitrogens with zero attached hydrogens (tertiary/aromatic N) is 1. The monoisotopic (exact) mass is 522 g/mol. The van der Waals surface area contributed by atoms with E-state index < -0.39 is 0 Å². The summed E-state index contributed by atoms with van der Waals surface area (Å²) in [6, 6.07) is 9.38. The highest BCUT2D eigenvalue weighted by Gasteiger charge is 2.17. The van der Waals surface area contributed by atoms with Gasteiger partial charge in [0.1, 0.15) is 18.1 Å². The molecule has 0 aliphatic rings. The molecule has 0 aliphatic carbocycles. The zero-order valence-corrected chi connectivity index (χ0v) is 19.8. The molecule has 0 aromatic heterocycles. The van der Waals surface area contributed by atoms with Gasteiger partial charge in [0.2, 0.25) is 0 Å². The van der Waals surface area contributed by atoms with Crippen LogP contribution in [0, 0.1) is 6.92 Å². The zero-order valence-electron chi connectivity index (χ0n) is 16.7. The molecular formula is C22H24Br2N2O3. The van der Waals surface area contributed by atoms with Crippen molar-refractivity contribution in [1.82, 2.24) is 5.43 Å². The first-order valence-corrected chi connectivity index (χ1v) is 10.7. The summed E-state index contributed by atoms with van der Waals surface area (Å²) in [5.74, 6) is 1.33. The zero-order chi connectivity index (χ0) is 21.4. The Hall–Kier alpha value is -2.12. The van der Waals surface area contributed by atoms with Crippen LogP contribution in [0.3, 0.4) is 0 Å². The van der Waals surface area contributed by atoms with Gasteiger partial charge in [0.05, 0.1) is 10.7 Å². The standard InChI is InChI=1S/C22H24Br2N2O3/c1-5-10-28-17-8-6-16(7-9-17)12-25-26-20(27)13-29-22-18(14(2)3)11-19(23)15(4)21(22)24/h5-9,11-12,14H,1,10,13H2,2-4H3,(H,26,27). The Kier molecular flexibility index (Phi) is 8.92. The first-order valence-electron chi connectivity index (χ1n) is 9.10. The van der Waals surface area contributed by atoms with Crippen molar-refractivity contribution in [1.29, 1.82) is 0 Å². The first-order chi connectivity index (χ1) is 13.8. The van der Waals surface area contributed by atoms with Gasteiger partial charge < -0.3 is 9.47 Å². The van der Waals surface area contributed by atoms with Gasteiger partial charge in [0.25, 0.3) is 5.91 Å². The van der Waals surface area contributed by atoms with Crippen LogP contribution in [0.4, 0.5) is 0 Å². The maximum absolute atomic E-state index is 12.1. The van der Waals surface area contributed by atoms with Crippen molar-refractivity contribution in [2.45, 2.75) is 26.7 Å². The number of carbonyl (C=O) groups is 1. The summed E-state index contributed by atoms with van der Waals surface area (Å²) >= 11 is 7.13. The molecule has 0 fully saturated rings. The fraction of sp³-hybridized carbons (Fsp3) is 0.273. The Bertz CT molecular complexity index is 894. The number of rotatable bonds is 9. The van der Waals surface area contributed by atoms with Gasteiger partial charge in [-0.05, 0) is 75.8 Å². The molecule has 0 aliphatic heterocycles. The number of hydrogen-bond acceptors (Lipinski definition) is 4. The van der Waals surface area contributed by atoms with Gasteiger partial charge >= 0.3 is 0 Å². The van der Waals surface area contributed by atoms with Gasteiger partial charge in [-0.15, -0.1) is 0 Å². The molecule has 2 aromatic rings. The van der Waals surface area contributed by atoms with Gasteiger partial charge in [-0.3, -0.25) is 4.79 Å². The molecule has 5 nitrogen and oxygen atoms in total. The number of hydrazone groups is 1. The van der Waals surface area contributed by atoms with Crippen molar-refractivity contribution in [3.8, 4) is 11.5 Å². The lowest BCUT2D eigenvalue weighted by Crippen LogP contribution is -2.25. The molecule has 0 atom stereocenters. The Labute approximate surface area is 188 Å². The summed E-state index contributed by atoms with van der Waals surface area (Å²) in [6.07, 6.45) is 3.25. The summed E-state index contributed by atoms with van der Waals surface area (Å²) in [6.45, 7) is 10.1. The van der Waals surface area contributed by atoms with E-state index in [4.69, 9.17) is 9.47 Å². The molecule has 7 heteroatoms. The molecule has 0 heterocycles. The second kappa shape index (κ2) is 11.2. The molecule has 29 heavy (non-hydrogen) atoms. The fourth-order valence-corrected chi connectivity index (χ4v) is 3.71. The first kappa shape index (κ1) is 23.2. The van der Waals surface area contributed by atoms with Crippen LogP contribution in [0.1, 0.15) is 36.5 Å². The lowest BCUT2D eigenvalue weighted by molar-refractivity contribution is -0.123. The number of benzene rings is 2. The molecule has 154 valence electrons. The predicted molar refractivity (Wildman–Crippen MR) is 124 cm³/mol. The van der Waals surface area contributed by atoms with Crippen molar-refractivity contribution in [2.75, 3.05) is 13.2 Å². The van der Waals surface area contributed by atoms with Gasteiger partial charge in [0.15, 0.2) is 6.61 Å².